The van der Waals surface area contributed by atoms with Gasteiger partial charge in [0.2, 0.25) is 0 Å². The number of amides is 1. The molecule has 1 heterocycles. The van der Waals surface area contributed by atoms with Crippen LogP contribution >= 0.6 is 0 Å². The van der Waals surface area contributed by atoms with Crippen LogP contribution in [0.25, 0.3) is 22.0 Å². The number of para-hydroxylation sites is 1. The van der Waals surface area contributed by atoms with Crippen molar-refractivity contribution in [1.29, 1.82) is 5.26 Å². The lowest BCUT2D eigenvalue weighted by molar-refractivity contribution is 0.0951. The van der Waals surface area contributed by atoms with Gasteiger partial charge in [0, 0.05) is 16.5 Å². The Kier molecular flexibility index (Phi) is 4.91. The average molecular weight is 378 g/mol. The first-order chi connectivity index (χ1) is 14.2. The number of aromatic nitrogens is 1. The van der Waals surface area contributed by atoms with Crippen LogP contribution in [0.3, 0.4) is 0 Å². The predicted octanol–water partition coefficient (Wildman–Crippen LogP) is 4.86. The fraction of sp³-hybridized carbons (Fsp3) is 0.0417. The lowest BCUT2D eigenvalue weighted by Crippen LogP contribution is -2.20. The van der Waals surface area contributed by atoms with Crippen LogP contribution in [-0.2, 0) is 0 Å². The SMILES string of the molecule is CC(=NNC(=O)c1[nH]c2ccccc2c1-c1ccccc1)c1ccc(C#N)cc1. The molecule has 0 aliphatic carbocycles. The number of fused-ring (bicyclic) bond motifs is 1. The standard InChI is InChI=1S/C24H18N4O/c1-16(18-13-11-17(15-25)12-14-18)27-28-24(29)23-22(19-7-3-2-4-8-19)20-9-5-6-10-21(20)26-23/h2-14,26H,1H3,(H,28,29). The van der Waals surface area contributed by atoms with Gasteiger partial charge < -0.3 is 4.98 Å². The Hall–Kier alpha value is -4.17. The van der Waals surface area contributed by atoms with E-state index in [0.717, 1.165) is 27.6 Å². The van der Waals surface area contributed by atoms with E-state index in [1.165, 1.54) is 0 Å². The molecule has 4 aromatic rings. The summed E-state index contributed by atoms with van der Waals surface area (Å²) in [6, 6.07) is 26.8. The Bertz CT molecular complexity index is 1250. The molecule has 0 radical (unpaired) electrons. The van der Waals surface area contributed by atoms with E-state index < -0.39 is 0 Å². The molecule has 0 atom stereocenters. The molecule has 0 saturated carbocycles. The smallest absolute Gasteiger partial charge is 0.288 e. The molecule has 5 nitrogen and oxygen atoms in total. The van der Waals surface area contributed by atoms with Crippen molar-refractivity contribution in [2.24, 2.45) is 5.10 Å². The second-order valence-electron chi connectivity index (χ2n) is 6.61. The maximum atomic E-state index is 13.0. The second-order valence-corrected chi connectivity index (χ2v) is 6.61. The third-order valence-electron chi connectivity index (χ3n) is 4.75. The number of hydrogen-bond donors (Lipinski definition) is 2. The minimum absolute atomic E-state index is 0.312. The molecule has 3 aromatic carbocycles. The summed E-state index contributed by atoms with van der Waals surface area (Å²) in [6.07, 6.45) is 0. The Balaban J connectivity index is 1.67. The monoisotopic (exact) mass is 378 g/mol. The van der Waals surface area contributed by atoms with Crippen molar-refractivity contribution in [1.82, 2.24) is 10.4 Å². The summed E-state index contributed by atoms with van der Waals surface area (Å²) >= 11 is 0. The van der Waals surface area contributed by atoms with E-state index in [9.17, 15) is 4.79 Å². The number of carbonyl (C=O) groups is 1. The van der Waals surface area contributed by atoms with E-state index in [1.807, 2.05) is 73.7 Å². The first kappa shape index (κ1) is 18.2. The predicted molar refractivity (Wildman–Crippen MR) is 115 cm³/mol. The van der Waals surface area contributed by atoms with Crippen LogP contribution in [0.2, 0.25) is 0 Å². The zero-order valence-electron chi connectivity index (χ0n) is 15.8. The lowest BCUT2D eigenvalue weighted by Gasteiger charge is -2.06. The zero-order chi connectivity index (χ0) is 20.2. The molecule has 0 aliphatic heterocycles. The molecule has 0 aliphatic rings. The van der Waals surface area contributed by atoms with E-state index in [2.05, 4.69) is 21.6 Å². The van der Waals surface area contributed by atoms with Crippen LogP contribution in [-0.4, -0.2) is 16.6 Å². The lowest BCUT2D eigenvalue weighted by atomic mass is 10.0. The normalized spacial score (nSPS) is 11.2. The molecular weight excluding hydrogens is 360 g/mol. The van der Waals surface area contributed by atoms with Gasteiger partial charge in [-0.25, -0.2) is 5.43 Å². The molecule has 0 unspecified atom stereocenters. The highest BCUT2D eigenvalue weighted by molar-refractivity contribution is 6.10. The van der Waals surface area contributed by atoms with Crippen molar-refractivity contribution in [3.8, 4) is 17.2 Å². The zero-order valence-corrected chi connectivity index (χ0v) is 15.8. The van der Waals surface area contributed by atoms with Gasteiger partial charge in [0.1, 0.15) is 5.69 Å². The molecule has 2 N–H and O–H groups in total. The second kappa shape index (κ2) is 7.83. The Labute approximate surface area is 168 Å². The molecule has 140 valence electrons. The van der Waals surface area contributed by atoms with Crippen molar-refractivity contribution in [2.45, 2.75) is 6.92 Å². The van der Waals surface area contributed by atoms with Gasteiger partial charge in [-0.05, 0) is 36.2 Å². The number of nitrogens with one attached hydrogen (secondary N) is 2. The van der Waals surface area contributed by atoms with Crippen LogP contribution in [0.15, 0.2) is 84.0 Å². The highest BCUT2D eigenvalue weighted by Gasteiger charge is 2.18. The molecule has 0 bridgehead atoms. The largest absolute Gasteiger partial charge is 0.350 e. The first-order valence-electron chi connectivity index (χ1n) is 9.18. The Morgan fingerprint density at radius 1 is 0.966 bits per heavy atom. The number of rotatable bonds is 4. The Morgan fingerprint density at radius 3 is 2.38 bits per heavy atom. The summed E-state index contributed by atoms with van der Waals surface area (Å²) in [5.74, 6) is -0.312. The molecule has 0 saturated heterocycles. The van der Waals surface area contributed by atoms with E-state index in [-0.39, 0.29) is 5.91 Å². The van der Waals surface area contributed by atoms with Crippen molar-refractivity contribution in [3.63, 3.8) is 0 Å². The minimum atomic E-state index is -0.312. The van der Waals surface area contributed by atoms with Crippen LogP contribution < -0.4 is 5.43 Å². The summed E-state index contributed by atoms with van der Waals surface area (Å²) < 4.78 is 0. The van der Waals surface area contributed by atoms with Gasteiger partial charge in [-0.3, -0.25) is 4.79 Å². The van der Waals surface area contributed by atoms with Crippen LogP contribution in [0.5, 0.6) is 0 Å². The quantitative estimate of drug-likeness (QED) is 0.393. The van der Waals surface area contributed by atoms with Gasteiger partial charge in [0.15, 0.2) is 0 Å². The van der Waals surface area contributed by atoms with Crippen molar-refractivity contribution in [2.75, 3.05) is 0 Å². The average Bonchev–Trinajstić information content (AvgIpc) is 3.17. The number of hydrogen-bond acceptors (Lipinski definition) is 3. The Morgan fingerprint density at radius 2 is 1.66 bits per heavy atom. The van der Waals surface area contributed by atoms with Gasteiger partial charge in [0.05, 0.1) is 17.3 Å². The van der Waals surface area contributed by atoms with Gasteiger partial charge >= 0.3 is 0 Å². The van der Waals surface area contributed by atoms with Gasteiger partial charge in [-0.2, -0.15) is 10.4 Å². The molecule has 4 rings (SSSR count). The third kappa shape index (κ3) is 3.64. The molecule has 5 heteroatoms. The third-order valence-corrected chi connectivity index (χ3v) is 4.75. The van der Waals surface area contributed by atoms with Crippen LogP contribution in [0.4, 0.5) is 0 Å². The number of benzene rings is 3. The molecule has 0 fully saturated rings. The number of carbonyl (C=O) groups excluding carboxylic acids is 1. The van der Waals surface area contributed by atoms with Gasteiger partial charge in [-0.15, -0.1) is 0 Å². The first-order valence-corrected chi connectivity index (χ1v) is 9.18. The molecule has 1 aromatic heterocycles. The summed E-state index contributed by atoms with van der Waals surface area (Å²) in [4.78, 5) is 16.2. The van der Waals surface area contributed by atoms with E-state index in [0.29, 0.717) is 17.0 Å². The van der Waals surface area contributed by atoms with E-state index in [1.54, 1.807) is 12.1 Å². The number of H-pyrrole nitrogens is 1. The number of aromatic amines is 1. The summed E-state index contributed by atoms with van der Waals surface area (Å²) in [7, 11) is 0. The summed E-state index contributed by atoms with van der Waals surface area (Å²) in [6.45, 7) is 1.81. The van der Waals surface area contributed by atoms with Gasteiger partial charge in [-0.1, -0.05) is 60.7 Å². The number of nitrogens with zero attached hydrogens (tertiary/aromatic N) is 2. The van der Waals surface area contributed by atoms with Crippen molar-refractivity contribution in [3.05, 3.63) is 95.7 Å². The molecule has 1 amide bonds. The highest BCUT2D eigenvalue weighted by Crippen LogP contribution is 2.32. The van der Waals surface area contributed by atoms with Crippen LogP contribution in [0.1, 0.15) is 28.5 Å². The van der Waals surface area contributed by atoms with E-state index in [4.69, 9.17) is 5.26 Å². The minimum Gasteiger partial charge on any atom is -0.350 e. The number of nitriles is 1. The van der Waals surface area contributed by atoms with Crippen LogP contribution in [0, 0.1) is 11.3 Å². The molecule has 0 spiro atoms. The molecule has 29 heavy (non-hydrogen) atoms. The highest BCUT2D eigenvalue weighted by atomic mass is 16.2. The van der Waals surface area contributed by atoms with Gasteiger partial charge in [0.25, 0.3) is 5.91 Å². The fourth-order valence-corrected chi connectivity index (χ4v) is 3.26. The molecular formula is C24H18N4O. The maximum absolute atomic E-state index is 13.0. The number of hydrazone groups is 1. The summed E-state index contributed by atoms with van der Waals surface area (Å²) in [5, 5.41) is 14.1. The maximum Gasteiger partial charge on any atom is 0.288 e. The topological polar surface area (TPSA) is 81.0 Å². The fourth-order valence-electron chi connectivity index (χ4n) is 3.26. The van der Waals surface area contributed by atoms with E-state index >= 15 is 0 Å². The summed E-state index contributed by atoms with van der Waals surface area (Å²) in [5.41, 5.74) is 7.89. The van der Waals surface area contributed by atoms with Crippen molar-refractivity contribution < 1.29 is 4.79 Å². The van der Waals surface area contributed by atoms with Crippen molar-refractivity contribution >= 4 is 22.5 Å².